The molecule has 0 radical (unpaired) electrons. The molecule has 0 aliphatic rings. The van der Waals surface area contributed by atoms with E-state index in [1.165, 1.54) is 12.1 Å². The molecule has 0 atom stereocenters. The summed E-state index contributed by atoms with van der Waals surface area (Å²) in [4.78, 5) is 37.8. The fraction of sp³-hybridized carbons (Fsp3) is 0.154. The molecule has 0 spiro atoms. The Labute approximate surface area is 134 Å². The fourth-order valence-electron chi connectivity index (χ4n) is 1.43. The number of halogens is 1. The summed E-state index contributed by atoms with van der Waals surface area (Å²) in [7, 11) is 0. The van der Waals surface area contributed by atoms with Crippen molar-refractivity contribution in [1.82, 2.24) is 5.32 Å². The zero-order valence-electron chi connectivity index (χ0n) is 11.2. The monoisotopic (exact) mass is 363 g/mol. The van der Waals surface area contributed by atoms with Gasteiger partial charge in [0, 0.05) is 9.38 Å². The van der Waals surface area contributed by atoms with Crippen molar-refractivity contribution in [1.29, 1.82) is 0 Å². The first-order chi connectivity index (χ1) is 10.5. The highest BCUT2D eigenvalue weighted by molar-refractivity contribution is 9.10. The van der Waals surface area contributed by atoms with E-state index in [1.807, 2.05) is 0 Å². The van der Waals surface area contributed by atoms with Crippen LogP contribution in [-0.4, -0.2) is 30.7 Å². The van der Waals surface area contributed by atoms with Crippen LogP contribution in [0.25, 0.3) is 10.4 Å². The van der Waals surface area contributed by atoms with Gasteiger partial charge in [0.1, 0.15) is 6.54 Å². The second-order valence-electron chi connectivity index (χ2n) is 3.84. The summed E-state index contributed by atoms with van der Waals surface area (Å²) in [5.74, 6) is -0.175. The third kappa shape index (κ3) is 4.94. The quantitative estimate of drug-likeness (QED) is 0.199. The van der Waals surface area contributed by atoms with Gasteiger partial charge in [-0.3, -0.25) is 14.4 Å². The van der Waals surface area contributed by atoms with Crippen molar-refractivity contribution in [2.24, 2.45) is 5.11 Å². The number of nitrogens with one attached hydrogen (secondary N) is 2. The summed E-state index contributed by atoms with van der Waals surface area (Å²) < 4.78 is 0.550. The highest BCUT2D eigenvalue weighted by atomic mass is 79.9. The molecule has 1 rings (SSSR count). The van der Waals surface area contributed by atoms with Crippen molar-refractivity contribution in [2.75, 3.05) is 18.4 Å². The number of hydrogen-bond acceptors (Lipinski definition) is 4. The zero-order valence-corrected chi connectivity index (χ0v) is 12.8. The van der Waals surface area contributed by atoms with Gasteiger partial charge in [-0.1, -0.05) is 27.0 Å². The molecule has 2 N–H and O–H groups in total. The molecule has 22 heavy (non-hydrogen) atoms. The molecule has 0 unspecified atom stereocenters. The molecule has 0 fully saturated rings. The van der Waals surface area contributed by atoms with Gasteiger partial charge in [-0.25, -0.2) is 0 Å². The standard InChI is InChI=1S/C13H10BrN5O3/c1-2-5-16-13(22)12(21)9-6-8(14)3-4-10(9)18-11(20)7-17-19-15/h1,3-4,6H,5,7H2,(H,16,22)(H,18,20). The lowest BCUT2D eigenvalue weighted by Gasteiger charge is -2.10. The number of Topliss-reactive ketones (excluding diaryl/α,β-unsaturated/α-hetero) is 1. The molecular weight excluding hydrogens is 354 g/mol. The number of hydrogen-bond donors (Lipinski definition) is 2. The number of azide groups is 1. The number of benzene rings is 1. The molecule has 0 heterocycles. The number of carbonyl (C=O) groups is 3. The highest BCUT2D eigenvalue weighted by Gasteiger charge is 2.20. The minimum absolute atomic E-state index is 0.0156. The molecule has 0 bridgehead atoms. The lowest BCUT2D eigenvalue weighted by atomic mass is 10.1. The lowest BCUT2D eigenvalue weighted by molar-refractivity contribution is -0.117. The summed E-state index contributed by atoms with van der Waals surface area (Å²) >= 11 is 3.18. The van der Waals surface area contributed by atoms with Crippen molar-refractivity contribution in [3.63, 3.8) is 0 Å². The number of anilines is 1. The number of amides is 2. The average Bonchev–Trinajstić information content (AvgIpc) is 2.51. The molecule has 0 aliphatic carbocycles. The lowest BCUT2D eigenvalue weighted by Crippen LogP contribution is -2.32. The molecule has 0 saturated heterocycles. The van der Waals surface area contributed by atoms with Gasteiger partial charge >= 0.3 is 0 Å². The van der Waals surface area contributed by atoms with E-state index in [1.54, 1.807) is 6.07 Å². The molecule has 8 nitrogen and oxygen atoms in total. The summed E-state index contributed by atoms with van der Waals surface area (Å²) in [5, 5.41) is 7.75. The summed E-state index contributed by atoms with van der Waals surface area (Å²) in [6.07, 6.45) is 5.00. The maximum atomic E-state index is 12.1. The Morgan fingerprint density at radius 1 is 1.41 bits per heavy atom. The molecule has 0 aliphatic heterocycles. The predicted molar refractivity (Wildman–Crippen MR) is 83.0 cm³/mol. The van der Waals surface area contributed by atoms with Crippen molar-refractivity contribution < 1.29 is 14.4 Å². The zero-order chi connectivity index (χ0) is 16.5. The van der Waals surface area contributed by atoms with E-state index in [2.05, 4.69) is 42.5 Å². The summed E-state index contributed by atoms with van der Waals surface area (Å²) in [6, 6.07) is 4.42. The van der Waals surface area contributed by atoms with E-state index < -0.39 is 24.1 Å². The van der Waals surface area contributed by atoms with Crippen LogP contribution in [0.15, 0.2) is 27.8 Å². The second kappa shape index (κ2) is 8.46. The Kier molecular flexibility index (Phi) is 6.63. The van der Waals surface area contributed by atoms with Gasteiger partial charge in [0.15, 0.2) is 0 Å². The summed E-state index contributed by atoms with van der Waals surface area (Å²) in [5.41, 5.74) is 8.28. The Bertz CT molecular complexity index is 704. The van der Waals surface area contributed by atoms with Crippen molar-refractivity contribution in [3.05, 3.63) is 38.7 Å². The first-order valence-electron chi connectivity index (χ1n) is 5.85. The smallest absolute Gasteiger partial charge is 0.293 e. The molecular formula is C13H10BrN5O3. The van der Waals surface area contributed by atoms with Crippen LogP contribution in [0.2, 0.25) is 0 Å². The number of ketones is 1. The Hall–Kier alpha value is -2.82. The van der Waals surface area contributed by atoms with E-state index in [9.17, 15) is 14.4 Å². The van der Waals surface area contributed by atoms with Crippen molar-refractivity contribution in [2.45, 2.75) is 0 Å². The van der Waals surface area contributed by atoms with Crippen LogP contribution < -0.4 is 10.6 Å². The highest BCUT2D eigenvalue weighted by Crippen LogP contribution is 2.21. The van der Waals surface area contributed by atoms with Crippen molar-refractivity contribution >= 4 is 39.2 Å². The van der Waals surface area contributed by atoms with Gasteiger partial charge in [0.05, 0.1) is 17.8 Å². The van der Waals surface area contributed by atoms with Gasteiger partial charge in [-0.15, -0.1) is 6.42 Å². The van der Waals surface area contributed by atoms with Gasteiger partial charge in [-0.05, 0) is 23.7 Å². The number of carbonyl (C=O) groups excluding carboxylic acids is 3. The maximum Gasteiger partial charge on any atom is 0.293 e. The normalized spacial score (nSPS) is 9.09. The van der Waals surface area contributed by atoms with E-state index in [0.29, 0.717) is 4.47 Å². The van der Waals surface area contributed by atoms with Gasteiger partial charge in [0.2, 0.25) is 5.91 Å². The molecule has 1 aromatic rings. The third-order valence-electron chi connectivity index (χ3n) is 2.34. The van der Waals surface area contributed by atoms with Crippen LogP contribution in [0.5, 0.6) is 0 Å². The fourth-order valence-corrected chi connectivity index (χ4v) is 1.79. The largest absolute Gasteiger partial charge is 0.338 e. The molecule has 0 aromatic heterocycles. The first kappa shape index (κ1) is 17.2. The second-order valence-corrected chi connectivity index (χ2v) is 4.76. The van der Waals surface area contributed by atoms with Gasteiger partial charge < -0.3 is 10.6 Å². The van der Waals surface area contributed by atoms with Crippen LogP contribution in [-0.2, 0) is 9.59 Å². The number of terminal acetylenes is 1. The molecule has 2 amide bonds. The Balaban J connectivity index is 3.02. The molecule has 0 saturated carbocycles. The van der Waals surface area contributed by atoms with Gasteiger partial charge in [0.25, 0.3) is 11.7 Å². The van der Waals surface area contributed by atoms with E-state index in [-0.39, 0.29) is 17.8 Å². The van der Waals surface area contributed by atoms with E-state index >= 15 is 0 Å². The number of rotatable bonds is 6. The van der Waals surface area contributed by atoms with Crippen LogP contribution in [0.1, 0.15) is 10.4 Å². The Morgan fingerprint density at radius 2 is 2.14 bits per heavy atom. The third-order valence-corrected chi connectivity index (χ3v) is 2.83. The average molecular weight is 364 g/mol. The van der Waals surface area contributed by atoms with E-state index in [4.69, 9.17) is 12.0 Å². The first-order valence-corrected chi connectivity index (χ1v) is 6.65. The molecule has 9 heteroatoms. The molecule has 112 valence electrons. The van der Waals surface area contributed by atoms with E-state index in [0.717, 1.165) is 0 Å². The number of nitrogens with zero attached hydrogens (tertiary/aromatic N) is 3. The summed E-state index contributed by atoms with van der Waals surface area (Å²) in [6.45, 7) is -0.513. The van der Waals surface area contributed by atoms with Crippen LogP contribution in [0, 0.1) is 12.3 Å². The maximum absolute atomic E-state index is 12.1. The Morgan fingerprint density at radius 3 is 2.77 bits per heavy atom. The minimum atomic E-state index is -0.887. The molecule has 1 aromatic carbocycles. The van der Waals surface area contributed by atoms with Crippen LogP contribution >= 0.6 is 15.9 Å². The van der Waals surface area contributed by atoms with Crippen LogP contribution in [0.4, 0.5) is 5.69 Å². The van der Waals surface area contributed by atoms with Crippen molar-refractivity contribution in [3.8, 4) is 12.3 Å². The predicted octanol–water partition coefficient (Wildman–Crippen LogP) is 1.63. The minimum Gasteiger partial charge on any atom is -0.338 e. The topological polar surface area (TPSA) is 124 Å². The SMILES string of the molecule is C#CCNC(=O)C(=O)c1cc(Br)ccc1NC(=O)CN=[N+]=[N-]. The van der Waals surface area contributed by atoms with Crippen LogP contribution in [0.3, 0.4) is 0 Å². The van der Waals surface area contributed by atoms with Gasteiger partial charge in [-0.2, -0.15) is 0 Å².